The summed E-state index contributed by atoms with van der Waals surface area (Å²) in [7, 11) is 0. The number of furan rings is 1. The molecule has 9 aromatic carbocycles. The van der Waals surface area contributed by atoms with Crippen LogP contribution in [0.1, 0.15) is 0 Å². The molecule has 0 N–H and O–H groups in total. The molecule has 0 bridgehead atoms. The monoisotopic (exact) mass is 702 g/mol. The standard InChI is InChI=1S/C52H34N2O/c1-3-12-35(13-4-1)37-14-11-17-43(31-37)53(44-28-29-52-48(34-44)46-19-8-10-21-51(46)55-52)42-26-24-36(25-27-42)38-22-23-39-33-50-47(32-40(39)30-38)45-18-7-9-20-49(45)54(50)41-15-5-2-6-16-41/h1-34H. The van der Waals surface area contributed by atoms with Gasteiger partial charge in [0.2, 0.25) is 0 Å². The number of benzene rings is 9. The van der Waals surface area contributed by atoms with Crippen molar-refractivity contribution in [1.82, 2.24) is 4.57 Å². The molecule has 0 amide bonds. The number of aromatic nitrogens is 1. The highest BCUT2D eigenvalue weighted by molar-refractivity contribution is 6.14. The van der Waals surface area contributed by atoms with Gasteiger partial charge in [0.05, 0.1) is 11.0 Å². The van der Waals surface area contributed by atoms with E-state index in [2.05, 4.69) is 204 Å². The van der Waals surface area contributed by atoms with Gasteiger partial charge in [0.15, 0.2) is 0 Å². The lowest BCUT2D eigenvalue weighted by Gasteiger charge is -2.26. The van der Waals surface area contributed by atoms with Crippen molar-refractivity contribution in [2.45, 2.75) is 0 Å². The van der Waals surface area contributed by atoms with Crippen LogP contribution in [0.25, 0.3) is 82.5 Å². The van der Waals surface area contributed by atoms with E-state index in [4.69, 9.17) is 4.42 Å². The Hall–Kier alpha value is -7.36. The Morgan fingerprint density at radius 1 is 0.327 bits per heavy atom. The smallest absolute Gasteiger partial charge is 0.135 e. The number of fused-ring (bicyclic) bond motifs is 7. The summed E-state index contributed by atoms with van der Waals surface area (Å²) < 4.78 is 8.60. The molecule has 0 fully saturated rings. The van der Waals surface area contributed by atoms with Crippen LogP contribution in [0, 0.1) is 0 Å². The van der Waals surface area contributed by atoms with Crippen LogP contribution in [0.4, 0.5) is 17.1 Å². The number of hydrogen-bond acceptors (Lipinski definition) is 2. The van der Waals surface area contributed by atoms with E-state index < -0.39 is 0 Å². The van der Waals surface area contributed by atoms with E-state index >= 15 is 0 Å². The lowest BCUT2D eigenvalue weighted by atomic mass is 9.99. The number of rotatable bonds is 6. The molecule has 11 rings (SSSR count). The minimum absolute atomic E-state index is 0.886. The third kappa shape index (κ3) is 5.28. The summed E-state index contributed by atoms with van der Waals surface area (Å²) in [6.45, 7) is 0. The molecule has 2 aromatic heterocycles. The first-order valence-corrected chi connectivity index (χ1v) is 18.7. The Kier molecular flexibility index (Phi) is 7.17. The lowest BCUT2D eigenvalue weighted by molar-refractivity contribution is 0.669. The van der Waals surface area contributed by atoms with Crippen molar-refractivity contribution >= 4 is 71.6 Å². The van der Waals surface area contributed by atoms with E-state index in [1.807, 2.05) is 12.1 Å². The van der Waals surface area contributed by atoms with E-state index in [1.165, 1.54) is 60.5 Å². The summed E-state index contributed by atoms with van der Waals surface area (Å²) in [5.41, 5.74) is 13.4. The quantitative estimate of drug-likeness (QED) is 0.172. The Morgan fingerprint density at radius 2 is 0.964 bits per heavy atom. The highest BCUT2D eigenvalue weighted by Gasteiger charge is 2.17. The second kappa shape index (κ2) is 12.6. The van der Waals surface area contributed by atoms with Crippen LogP contribution >= 0.6 is 0 Å². The van der Waals surface area contributed by atoms with E-state index in [0.717, 1.165) is 39.0 Å². The first-order valence-electron chi connectivity index (χ1n) is 18.7. The van der Waals surface area contributed by atoms with Gasteiger partial charge >= 0.3 is 0 Å². The van der Waals surface area contributed by atoms with Crippen molar-refractivity contribution in [3.8, 4) is 27.9 Å². The van der Waals surface area contributed by atoms with Gasteiger partial charge in [-0.25, -0.2) is 0 Å². The minimum atomic E-state index is 0.886. The van der Waals surface area contributed by atoms with E-state index in [-0.39, 0.29) is 0 Å². The van der Waals surface area contributed by atoms with Crippen molar-refractivity contribution in [3.05, 3.63) is 206 Å². The van der Waals surface area contributed by atoms with E-state index in [0.29, 0.717) is 0 Å². The third-order valence-electron chi connectivity index (χ3n) is 10.9. The molecule has 0 aliphatic rings. The van der Waals surface area contributed by atoms with Crippen LogP contribution in [0.2, 0.25) is 0 Å². The largest absolute Gasteiger partial charge is 0.456 e. The van der Waals surface area contributed by atoms with Crippen molar-refractivity contribution in [1.29, 1.82) is 0 Å². The molecule has 2 heterocycles. The molecule has 0 unspecified atom stereocenters. The fourth-order valence-corrected chi connectivity index (χ4v) is 8.31. The van der Waals surface area contributed by atoms with Gasteiger partial charge in [-0.2, -0.15) is 0 Å². The molecular formula is C52H34N2O. The summed E-state index contributed by atoms with van der Waals surface area (Å²) in [5.74, 6) is 0. The van der Waals surface area contributed by atoms with Gasteiger partial charge in [0.1, 0.15) is 11.2 Å². The summed E-state index contributed by atoms with van der Waals surface area (Å²) in [6, 6.07) is 74.0. The molecule has 11 aromatic rings. The number of hydrogen-bond donors (Lipinski definition) is 0. The molecule has 0 saturated heterocycles. The molecule has 55 heavy (non-hydrogen) atoms. The Labute approximate surface area is 318 Å². The van der Waals surface area contributed by atoms with E-state index in [9.17, 15) is 0 Å². The van der Waals surface area contributed by atoms with Crippen LogP contribution < -0.4 is 4.90 Å². The number of anilines is 3. The molecule has 0 saturated carbocycles. The zero-order chi connectivity index (χ0) is 36.3. The van der Waals surface area contributed by atoms with Crippen molar-refractivity contribution in [3.63, 3.8) is 0 Å². The van der Waals surface area contributed by atoms with Crippen molar-refractivity contribution in [2.75, 3.05) is 4.90 Å². The SMILES string of the molecule is c1ccc(-c2cccc(N(c3ccc(-c4ccc5cc6c(cc5c4)c4ccccc4n6-c4ccccc4)cc3)c3ccc4oc5ccccc5c4c3)c2)cc1. The zero-order valence-electron chi connectivity index (χ0n) is 29.9. The number of para-hydroxylation sites is 3. The average Bonchev–Trinajstić information content (AvgIpc) is 3.79. The maximum atomic E-state index is 6.22. The molecular weight excluding hydrogens is 669 g/mol. The van der Waals surface area contributed by atoms with E-state index in [1.54, 1.807) is 0 Å². The minimum Gasteiger partial charge on any atom is -0.456 e. The van der Waals surface area contributed by atoms with Gasteiger partial charge < -0.3 is 13.9 Å². The first-order chi connectivity index (χ1) is 27.2. The van der Waals surface area contributed by atoms with Crippen molar-refractivity contribution in [2.24, 2.45) is 0 Å². The van der Waals surface area contributed by atoms with Gasteiger partial charge in [0.25, 0.3) is 0 Å². The second-order valence-electron chi connectivity index (χ2n) is 14.2. The zero-order valence-corrected chi connectivity index (χ0v) is 29.9. The normalized spacial score (nSPS) is 11.6. The summed E-state index contributed by atoms with van der Waals surface area (Å²) in [6.07, 6.45) is 0. The van der Waals surface area contributed by atoms with Gasteiger partial charge in [0, 0.05) is 44.3 Å². The lowest BCUT2D eigenvalue weighted by Crippen LogP contribution is -2.10. The predicted molar refractivity (Wildman–Crippen MR) is 231 cm³/mol. The highest BCUT2D eigenvalue weighted by Crippen LogP contribution is 2.41. The maximum Gasteiger partial charge on any atom is 0.135 e. The molecule has 3 nitrogen and oxygen atoms in total. The number of nitrogens with zero attached hydrogens (tertiary/aromatic N) is 2. The first kappa shape index (κ1) is 31.2. The maximum absolute atomic E-state index is 6.22. The Morgan fingerprint density at radius 3 is 1.82 bits per heavy atom. The van der Waals surface area contributed by atoms with Gasteiger partial charge in [-0.15, -0.1) is 0 Å². The van der Waals surface area contributed by atoms with Crippen LogP contribution in [0.5, 0.6) is 0 Å². The van der Waals surface area contributed by atoms with Crippen LogP contribution in [-0.2, 0) is 0 Å². The topological polar surface area (TPSA) is 21.3 Å². The Balaban J connectivity index is 1.02. The summed E-state index contributed by atoms with van der Waals surface area (Å²) in [4.78, 5) is 2.34. The van der Waals surface area contributed by atoms with Gasteiger partial charge in [-0.1, -0.05) is 121 Å². The highest BCUT2D eigenvalue weighted by atomic mass is 16.3. The molecule has 258 valence electrons. The molecule has 0 spiro atoms. The molecule has 0 aliphatic heterocycles. The van der Waals surface area contributed by atoms with Gasteiger partial charge in [-0.05, 0) is 118 Å². The summed E-state index contributed by atoms with van der Waals surface area (Å²) in [5, 5.41) is 7.19. The molecule has 0 radical (unpaired) electrons. The fraction of sp³-hybridized carbons (Fsp3) is 0. The molecule has 3 heteroatoms. The predicted octanol–water partition coefficient (Wildman–Crippen LogP) is 14.6. The fourth-order valence-electron chi connectivity index (χ4n) is 8.31. The van der Waals surface area contributed by atoms with Crippen LogP contribution in [-0.4, -0.2) is 4.57 Å². The second-order valence-corrected chi connectivity index (χ2v) is 14.2. The van der Waals surface area contributed by atoms with Crippen molar-refractivity contribution < 1.29 is 4.42 Å². The molecule has 0 aliphatic carbocycles. The average molecular weight is 703 g/mol. The third-order valence-corrected chi connectivity index (χ3v) is 10.9. The molecule has 0 atom stereocenters. The van der Waals surface area contributed by atoms with Crippen LogP contribution in [0.15, 0.2) is 211 Å². The Bertz CT molecular complexity index is 3190. The van der Waals surface area contributed by atoms with Crippen LogP contribution in [0.3, 0.4) is 0 Å². The van der Waals surface area contributed by atoms with Gasteiger partial charge in [-0.3, -0.25) is 0 Å². The summed E-state index contributed by atoms with van der Waals surface area (Å²) >= 11 is 0.